The number of aryl methyl sites for hydroxylation is 1. The zero-order valence-electron chi connectivity index (χ0n) is 16.0. The highest BCUT2D eigenvalue weighted by atomic mass is 32.1. The van der Waals surface area contributed by atoms with Crippen molar-refractivity contribution in [1.29, 1.82) is 0 Å². The summed E-state index contributed by atoms with van der Waals surface area (Å²) in [5.41, 5.74) is 4.05. The lowest BCUT2D eigenvalue weighted by molar-refractivity contribution is 0.667. The molecule has 0 heterocycles. The third kappa shape index (κ3) is 4.54. The molecule has 138 valence electrons. The van der Waals surface area contributed by atoms with E-state index in [0.717, 1.165) is 0 Å². The van der Waals surface area contributed by atoms with Gasteiger partial charge in [-0.2, -0.15) is 13.5 Å². The summed E-state index contributed by atoms with van der Waals surface area (Å²) in [6.45, 7) is 2.27. The SMILES string of the molecule is CCCCCCc1ccc2ccc(-c3ccc4ccccc4c3)cc2c1.S. The van der Waals surface area contributed by atoms with Gasteiger partial charge in [0.15, 0.2) is 0 Å². The van der Waals surface area contributed by atoms with Crippen molar-refractivity contribution in [3.63, 3.8) is 0 Å². The molecule has 0 bridgehead atoms. The van der Waals surface area contributed by atoms with Crippen LogP contribution in [0.3, 0.4) is 0 Å². The molecule has 0 N–H and O–H groups in total. The van der Waals surface area contributed by atoms with Crippen LogP contribution in [-0.4, -0.2) is 0 Å². The molecule has 0 fully saturated rings. The quantitative estimate of drug-likeness (QED) is 0.302. The van der Waals surface area contributed by atoms with Crippen LogP contribution in [0.2, 0.25) is 0 Å². The molecule has 0 radical (unpaired) electrons. The lowest BCUT2D eigenvalue weighted by atomic mass is 9.97. The van der Waals surface area contributed by atoms with Crippen molar-refractivity contribution in [3.8, 4) is 11.1 Å². The van der Waals surface area contributed by atoms with Gasteiger partial charge in [0, 0.05) is 0 Å². The lowest BCUT2D eigenvalue weighted by Gasteiger charge is -2.08. The first-order chi connectivity index (χ1) is 12.8. The molecule has 0 aliphatic heterocycles. The maximum absolute atomic E-state index is 2.38. The van der Waals surface area contributed by atoms with Gasteiger partial charge in [0.25, 0.3) is 0 Å². The van der Waals surface area contributed by atoms with Crippen LogP contribution in [0, 0.1) is 0 Å². The first kappa shape index (κ1) is 19.5. The van der Waals surface area contributed by atoms with Gasteiger partial charge in [0.05, 0.1) is 0 Å². The van der Waals surface area contributed by atoms with E-state index in [1.54, 1.807) is 0 Å². The van der Waals surface area contributed by atoms with E-state index in [4.69, 9.17) is 0 Å². The van der Waals surface area contributed by atoms with Crippen LogP contribution in [-0.2, 0) is 6.42 Å². The van der Waals surface area contributed by atoms with Gasteiger partial charge in [-0.05, 0) is 63.2 Å². The van der Waals surface area contributed by atoms with Gasteiger partial charge in [-0.3, -0.25) is 0 Å². The predicted octanol–water partition coefficient (Wildman–Crippen LogP) is 7.90. The average Bonchev–Trinajstić information content (AvgIpc) is 2.70. The Morgan fingerprint density at radius 3 is 1.93 bits per heavy atom. The number of benzene rings is 4. The molecule has 0 aromatic heterocycles. The number of unbranched alkanes of at least 4 members (excludes halogenated alkanes) is 3. The van der Waals surface area contributed by atoms with Crippen LogP contribution in [0.15, 0.2) is 78.9 Å². The second kappa shape index (κ2) is 9.10. The van der Waals surface area contributed by atoms with Crippen LogP contribution in [0.25, 0.3) is 32.7 Å². The van der Waals surface area contributed by atoms with Gasteiger partial charge in [0.1, 0.15) is 0 Å². The fourth-order valence-corrected chi connectivity index (χ4v) is 3.76. The van der Waals surface area contributed by atoms with Gasteiger partial charge >= 0.3 is 0 Å². The predicted molar refractivity (Wildman–Crippen MR) is 125 cm³/mol. The molecule has 0 atom stereocenters. The zero-order valence-corrected chi connectivity index (χ0v) is 17.0. The number of fused-ring (bicyclic) bond motifs is 2. The first-order valence-electron chi connectivity index (χ1n) is 9.85. The van der Waals surface area contributed by atoms with Crippen LogP contribution in [0.1, 0.15) is 38.2 Å². The molecule has 4 aromatic rings. The second-order valence-corrected chi connectivity index (χ2v) is 7.27. The summed E-state index contributed by atoms with van der Waals surface area (Å²) in [4.78, 5) is 0. The van der Waals surface area contributed by atoms with Crippen molar-refractivity contribution in [3.05, 3.63) is 84.4 Å². The minimum atomic E-state index is 0. The third-order valence-corrected chi connectivity index (χ3v) is 5.31. The Hall–Kier alpha value is -2.25. The molecule has 0 aliphatic carbocycles. The largest absolute Gasteiger partial charge is 0.197 e. The van der Waals surface area contributed by atoms with E-state index in [1.165, 1.54) is 70.3 Å². The molecular formula is C26H28S. The topological polar surface area (TPSA) is 0 Å². The van der Waals surface area contributed by atoms with Crippen molar-refractivity contribution in [1.82, 2.24) is 0 Å². The minimum absolute atomic E-state index is 0. The van der Waals surface area contributed by atoms with Crippen molar-refractivity contribution in [2.24, 2.45) is 0 Å². The highest BCUT2D eigenvalue weighted by Gasteiger charge is 2.03. The Bertz CT molecular complexity index is 1030. The van der Waals surface area contributed by atoms with Crippen molar-refractivity contribution in [2.75, 3.05) is 0 Å². The molecule has 4 rings (SSSR count). The summed E-state index contributed by atoms with van der Waals surface area (Å²) in [5.74, 6) is 0. The van der Waals surface area contributed by atoms with Crippen LogP contribution in [0.4, 0.5) is 0 Å². The Morgan fingerprint density at radius 2 is 1.19 bits per heavy atom. The van der Waals surface area contributed by atoms with Crippen LogP contribution in [0.5, 0.6) is 0 Å². The van der Waals surface area contributed by atoms with E-state index in [0.29, 0.717) is 0 Å². The van der Waals surface area contributed by atoms with Crippen molar-refractivity contribution >= 4 is 35.0 Å². The highest BCUT2D eigenvalue weighted by molar-refractivity contribution is 7.59. The maximum atomic E-state index is 2.38. The number of hydrogen-bond donors (Lipinski definition) is 0. The van der Waals surface area contributed by atoms with E-state index in [-0.39, 0.29) is 13.5 Å². The van der Waals surface area contributed by atoms with Gasteiger partial charge in [-0.1, -0.05) is 92.9 Å². The molecule has 0 unspecified atom stereocenters. The van der Waals surface area contributed by atoms with E-state index in [9.17, 15) is 0 Å². The molecule has 0 saturated heterocycles. The van der Waals surface area contributed by atoms with Crippen molar-refractivity contribution in [2.45, 2.75) is 39.0 Å². The second-order valence-electron chi connectivity index (χ2n) is 7.27. The normalized spacial score (nSPS) is 10.9. The third-order valence-electron chi connectivity index (χ3n) is 5.31. The van der Waals surface area contributed by atoms with E-state index >= 15 is 0 Å². The maximum Gasteiger partial charge on any atom is -0.0175 e. The Labute approximate surface area is 169 Å². The molecule has 0 saturated carbocycles. The fourth-order valence-electron chi connectivity index (χ4n) is 3.76. The lowest BCUT2D eigenvalue weighted by Crippen LogP contribution is -1.87. The van der Waals surface area contributed by atoms with E-state index in [1.807, 2.05) is 0 Å². The Morgan fingerprint density at radius 1 is 0.556 bits per heavy atom. The smallest absolute Gasteiger partial charge is 0.0175 e. The van der Waals surface area contributed by atoms with Crippen LogP contribution < -0.4 is 0 Å². The molecule has 0 amide bonds. The fraction of sp³-hybridized carbons (Fsp3) is 0.231. The number of rotatable bonds is 6. The minimum Gasteiger partial charge on any atom is -0.197 e. The highest BCUT2D eigenvalue weighted by Crippen LogP contribution is 2.28. The molecular weight excluding hydrogens is 344 g/mol. The first-order valence-corrected chi connectivity index (χ1v) is 9.85. The Balaban J connectivity index is 0.00000210. The monoisotopic (exact) mass is 372 g/mol. The van der Waals surface area contributed by atoms with Gasteiger partial charge in [0.2, 0.25) is 0 Å². The molecule has 4 aromatic carbocycles. The molecule has 0 aliphatic rings. The van der Waals surface area contributed by atoms with Gasteiger partial charge < -0.3 is 0 Å². The van der Waals surface area contributed by atoms with Gasteiger partial charge in [-0.25, -0.2) is 0 Å². The molecule has 0 spiro atoms. The molecule has 0 nitrogen and oxygen atoms in total. The van der Waals surface area contributed by atoms with Gasteiger partial charge in [-0.15, -0.1) is 0 Å². The summed E-state index contributed by atoms with van der Waals surface area (Å²) in [5, 5.41) is 5.27. The standard InChI is InChI=1S/C26H26.H2S/c1-2-3-4-5-8-20-11-12-22-14-16-25(19-26(22)17-20)24-15-13-21-9-6-7-10-23(21)18-24;/h6-7,9-19H,2-5,8H2,1H3;1H2. The Kier molecular flexibility index (Phi) is 6.58. The summed E-state index contributed by atoms with van der Waals surface area (Å²) >= 11 is 0. The molecule has 1 heteroatoms. The summed E-state index contributed by atoms with van der Waals surface area (Å²) in [7, 11) is 0. The number of hydrogen-bond acceptors (Lipinski definition) is 0. The zero-order chi connectivity index (χ0) is 17.8. The summed E-state index contributed by atoms with van der Waals surface area (Å²) in [6, 6.07) is 29.1. The summed E-state index contributed by atoms with van der Waals surface area (Å²) in [6.07, 6.45) is 6.47. The molecule has 27 heavy (non-hydrogen) atoms. The van der Waals surface area contributed by atoms with Crippen molar-refractivity contribution < 1.29 is 0 Å². The average molecular weight is 373 g/mol. The van der Waals surface area contributed by atoms with Crippen LogP contribution >= 0.6 is 13.5 Å². The van der Waals surface area contributed by atoms with E-state index in [2.05, 4.69) is 85.8 Å². The van der Waals surface area contributed by atoms with E-state index < -0.39 is 0 Å². The summed E-state index contributed by atoms with van der Waals surface area (Å²) < 4.78 is 0.